The van der Waals surface area contributed by atoms with Crippen LogP contribution in [0.25, 0.3) is 11.2 Å². The summed E-state index contributed by atoms with van der Waals surface area (Å²) in [6, 6.07) is 3.96. The highest BCUT2D eigenvalue weighted by Gasteiger charge is 2.23. The first-order valence-corrected chi connectivity index (χ1v) is 8.58. The van der Waals surface area contributed by atoms with E-state index in [9.17, 15) is 0 Å². The molecule has 3 nitrogen and oxygen atoms in total. The maximum atomic E-state index is 6.33. The van der Waals surface area contributed by atoms with E-state index in [-0.39, 0.29) is 5.38 Å². The van der Waals surface area contributed by atoms with E-state index in [0.29, 0.717) is 0 Å². The standard InChI is InChI=1S/C17H24ClN3/c1-3-13-6-8-14(9-7-13)11-21-16(12(2)18)20-15-5-4-10-19-17(15)21/h4-5,10,12-14H,3,6-9,11H2,1-2H3. The summed E-state index contributed by atoms with van der Waals surface area (Å²) in [5.41, 5.74) is 1.94. The average Bonchev–Trinajstić information content (AvgIpc) is 2.87. The lowest BCUT2D eigenvalue weighted by atomic mass is 9.81. The molecule has 1 aliphatic rings. The van der Waals surface area contributed by atoms with Gasteiger partial charge >= 0.3 is 0 Å². The molecular formula is C17H24ClN3. The van der Waals surface area contributed by atoms with Crippen LogP contribution in [0.4, 0.5) is 0 Å². The van der Waals surface area contributed by atoms with Gasteiger partial charge in [0.15, 0.2) is 5.65 Å². The Bertz CT molecular complexity index is 597. The lowest BCUT2D eigenvalue weighted by molar-refractivity contribution is 0.247. The fourth-order valence-electron chi connectivity index (χ4n) is 3.54. The molecule has 0 radical (unpaired) electrons. The molecule has 0 aromatic carbocycles. The van der Waals surface area contributed by atoms with Crippen molar-refractivity contribution in [2.45, 2.75) is 57.9 Å². The minimum atomic E-state index is -0.0776. The molecule has 0 N–H and O–H groups in total. The minimum Gasteiger partial charge on any atom is -0.311 e. The third kappa shape index (κ3) is 3.08. The molecule has 2 aromatic rings. The number of halogens is 1. The monoisotopic (exact) mass is 305 g/mol. The van der Waals surface area contributed by atoms with E-state index >= 15 is 0 Å². The Morgan fingerprint density at radius 1 is 1.29 bits per heavy atom. The molecule has 1 atom stereocenters. The molecule has 2 heterocycles. The van der Waals surface area contributed by atoms with E-state index in [1.54, 1.807) is 0 Å². The van der Waals surface area contributed by atoms with Gasteiger partial charge in [-0.25, -0.2) is 9.97 Å². The van der Waals surface area contributed by atoms with Gasteiger partial charge in [0.2, 0.25) is 0 Å². The smallest absolute Gasteiger partial charge is 0.160 e. The van der Waals surface area contributed by atoms with Crippen LogP contribution in [-0.4, -0.2) is 14.5 Å². The first-order valence-electron chi connectivity index (χ1n) is 8.14. The van der Waals surface area contributed by atoms with Gasteiger partial charge in [0.1, 0.15) is 11.3 Å². The molecule has 0 aliphatic heterocycles. The van der Waals surface area contributed by atoms with Gasteiger partial charge in [-0.3, -0.25) is 0 Å². The highest BCUT2D eigenvalue weighted by atomic mass is 35.5. The third-order valence-electron chi connectivity index (χ3n) is 4.87. The van der Waals surface area contributed by atoms with Crippen LogP contribution in [0.5, 0.6) is 0 Å². The van der Waals surface area contributed by atoms with Crippen molar-refractivity contribution in [1.29, 1.82) is 0 Å². The number of rotatable bonds is 4. The highest BCUT2D eigenvalue weighted by molar-refractivity contribution is 6.20. The molecule has 1 unspecified atom stereocenters. The summed E-state index contributed by atoms with van der Waals surface area (Å²) < 4.78 is 2.25. The fourth-order valence-corrected chi connectivity index (χ4v) is 3.71. The van der Waals surface area contributed by atoms with Crippen molar-refractivity contribution in [2.75, 3.05) is 0 Å². The first-order chi connectivity index (χ1) is 10.2. The topological polar surface area (TPSA) is 30.7 Å². The molecule has 1 saturated carbocycles. The summed E-state index contributed by atoms with van der Waals surface area (Å²) in [6.07, 6.45) is 8.55. The number of nitrogens with zero attached hydrogens (tertiary/aromatic N) is 3. The second-order valence-corrected chi connectivity index (χ2v) is 6.99. The number of hydrogen-bond acceptors (Lipinski definition) is 2. The van der Waals surface area contributed by atoms with Crippen LogP contribution < -0.4 is 0 Å². The van der Waals surface area contributed by atoms with Crippen molar-refractivity contribution >= 4 is 22.8 Å². The van der Waals surface area contributed by atoms with Crippen LogP contribution in [0.1, 0.15) is 57.2 Å². The predicted octanol–water partition coefficient (Wildman–Crippen LogP) is 4.95. The Kier molecular flexibility index (Phi) is 4.48. The summed E-state index contributed by atoms with van der Waals surface area (Å²) in [7, 11) is 0. The van der Waals surface area contributed by atoms with Crippen molar-refractivity contribution in [3.05, 3.63) is 24.2 Å². The zero-order valence-electron chi connectivity index (χ0n) is 12.9. The zero-order chi connectivity index (χ0) is 14.8. The summed E-state index contributed by atoms with van der Waals surface area (Å²) in [5.74, 6) is 2.63. The Morgan fingerprint density at radius 2 is 2.00 bits per heavy atom. The molecule has 0 bridgehead atoms. The average molecular weight is 306 g/mol. The quantitative estimate of drug-likeness (QED) is 0.748. The number of imidazole rings is 1. The Morgan fingerprint density at radius 3 is 2.67 bits per heavy atom. The fraction of sp³-hybridized carbons (Fsp3) is 0.647. The number of alkyl halides is 1. The zero-order valence-corrected chi connectivity index (χ0v) is 13.7. The molecule has 0 saturated heterocycles. The van der Waals surface area contributed by atoms with Crippen LogP contribution in [0, 0.1) is 11.8 Å². The van der Waals surface area contributed by atoms with Gasteiger partial charge in [0.05, 0.1) is 5.38 Å². The molecule has 1 aliphatic carbocycles. The van der Waals surface area contributed by atoms with Crippen LogP contribution in [0.3, 0.4) is 0 Å². The van der Waals surface area contributed by atoms with Crippen LogP contribution in [0.15, 0.2) is 18.3 Å². The number of aromatic nitrogens is 3. The van der Waals surface area contributed by atoms with Gasteiger partial charge in [0.25, 0.3) is 0 Å². The van der Waals surface area contributed by atoms with E-state index in [1.165, 1.54) is 32.1 Å². The second kappa shape index (κ2) is 6.35. The second-order valence-electron chi connectivity index (χ2n) is 6.34. The van der Waals surface area contributed by atoms with Crippen LogP contribution in [0.2, 0.25) is 0 Å². The van der Waals surface area contributed by atoms with Crippen molar-refractivity contribution < 1.29 is 0 Å². The van der Waals surface area contributed by atoms with Crippen molar-refractivity contribution in [3.8, 4) is 0 Å². The first kappa shape index (κ1) is 14.8. The van der Waals surface area contributed by atoms with Crippen molar-refractivity contribution in [1.82, 2.24) is 14.5 Å². The molecule has 0 spiro atoms. The van der Waals surface area contributed by atoms with Crippen molar-refractivity contribution in [2.24, 2.45) is 11.8 Å². The van der Waals surface area contributed by atoms with Gasteiger partial charge < -0.3 is 4.57 Å². The summed E-state index contributed by atoms with van der Waals surface area (Å²) in [5, 5.41) is -0.0776. The Labute approximate surface area is 131 Å². The number of fused-ring (bicyclic) bond motifs is 1. The van der Waals surface area contributed by atoms with Gasteiger partial charge in [-0.15, -0.1) is 11.6 Å². The SMILES string of the molecule is CCC1CCC(Cn2c(C(C)Cl)nc3cccnc32)CC1. The molecule has 4 heteroatoms. The van der Waals surface area contributed by atoms with E-state index in [4.69, 9.17) is 11.6 Å². The normalized spacial score (nSPS) is 24.3. The van der Waals surface area contributed by atoms with Gasteiger partial charge in [-0.1, -0.05) is 26.2 Å². The van der Waals surface area contributed by atoms with E-state index < -0.39 is 0 Å². The number of pyridine rings is 1. The Balaban J connectivity index is 1.84. The van der Waals surface area contributed by atoms with Gasteiger partial charge in [-0.2, -0.15) is 0 Å². The van der Waals surface area contributed by atoms with E-state index in [1.807, 2.05) is 25.3 Å². The van der Waals surface area contributed by atoms with Crippen LogP contribution in [-0.2, 0) is 6.54 Å². The highest BCUT2D eigenvalue weighted by Crippen LogP contribution is 2.33. The lowest BCUT2D eigenvalue weighted by Gasteiger charge is -2.28. The maximum absolute atomic E-state index is 6.33. The molecule has 1 fully saturated rings. The summed E-state index contributed by atoms with van der Waals surface area (Å²) in [4.78, 5) is 9.20. The molecule has 114 valence electrons. The van der Waals surface area contributed by atoms with Gasteiger partial charge in [-0.05, 0) is 43.7 Å². The molecule has 2 aromatic heterocycles. The molecule has 0 amide bonds. The maximum Gasteiger partial charge on any atom is 0.160 e. The molecule has 3 rings (SSSR count). The molecule has 21 heavy (non-hydrogen) atoms. The Hall–Kier alpha value is -1.09. The van der Waals surface area contributed by atoms with Crippen LogP contribution >= 0.6 is 11.6 Å². The largest absolute Gasteiger partial charge is 0.311 e. The van der Waals surface area contributed by atoms with E-state index in [0.717, 1.165) is 35.4 Å². The molecular weight excluding hydrogens is 282 g/mol. The van der Waals surface area contributed by atoms with Crippen molar-refractivity contribution in [3.63, 3.8) is 0 Å². The number of hydrogen-bond donors (Lipinski definition) is 0. The third-order valence-corrected chi connectivity index (χ3v) is 5.07. The summed E-state index contributed by atoms with van der Waals surface area (Å²) in [6.45, 7) is 5.31. The summed E-state index contributed by atoms with van der Waals surface area (Å²) >= 11 is 6.33. The predicted molar refractivity (Wildman–Crippen MR) is 87.5 cm³/mol. The minimum absolute atomic E-state index is 0.0776. The van der Waals surface area contributed by atoms with E-state index in [2.05, 4.69) is 21.5 Å². The lowest BCUT2D eigenvalue weighted by Crippen LogP contribution is -2.20. The van der Waals surface area contributed by atoms with Gasteiger partial charge in [0, 0.05) is 12.7 Å².